The van der Waals surface area contributed by atoms with Crippen LogP contribution in [0.5, 0.6) is 0 Å². The number of carbonyl (C=O) groups is 2. The first-order valence-electron chi connectivity index (χ1n) is 8.29. The molecular formula is C20H20N4O2. The lowest BCUT2D eigenvalue weighted by molar-refractivity contribution is -0.115. The van der Waals surface area contributed by atoms with Crippen LogP contribution in [0.3, 0.4) is 0 Å². The van der Waals surface area contributed by atoms with E-state index in [1.165, 1.54) is 0 Å². The number of hydrogen-bond donors (Lipinski definition) is 2. The Balaban J connectivity index is 1.57. The van der Waals surface area contributed by atoms with E-state index >= 15 is 0 Å². The van der Waals surface area contributed by atoms with Crippen molar-refractivity contribution < 1.29 is 9.59 Å². The molecule has 0 radical (unpaired) electrons. The first-order chi connectivity index (χ1) is 12.5. The molecule has 0 saturated carbocycles. The number of benzene rings is 2. The average molecular weight is 348 g/mol. The van der Waals surface area contributed by atoms with Crippen molar-refractivity contribution in [2.45, 2.75) is 13.8 Å². The fraction of sp³-hybridized carbons (Fsp3) is 0.150. The molecule has 0 fully saturated rings. The Kier molecular flexibility index (Phi) is 5.12. The van der Waals surface area contributed by atoms with Gasteiger partial charge in [0.2, 0.25) is 5.91 Å². The van der Waals surface area contributed by atoms with Crippen molar-refractivity contribution in [2.75, 3.05) is 11.9 Å². The number of para-hydroxylation sites is 1. The molecule has 0 atom stereocenters. The molecule has 0 bridgehead atoms. The second kappa shape index (κ2) is 7.65. The molecule has 2 amide bonds. The van der Waals surface area contributed by atoms with E-state index in [0.717, 1.165) is 22.5 Å². The van der Waals surface area contributed by atoms with Crippen LogP contribution in [-0.4, -0.2) is 28.1 Å². The maximum Gasteiger partial charge on any atom is 0.251 e. The SMILES string of the molecule is Cc1cccc(C)c1NC(=O)CNC(=O)c1ccc(-n2cccn2)cc1. The minimum Gasteiger partial charge on any atom is -0.343 e. The molecule has 0 aliphatic carbocycles. The zero-order valence-electron chi connectivity index (χ0n) is 14.7. The van der Waals surface area contributed by atoms with Crippen LogP contribution in [0.4, 0.5) is 5.69 Å². The van der Waals surface area contributed by atoms with Crippen LogP contribution in [-0.2, 0) is 4.79 Å². The highest BCUT2D eigenvalue weighted by Gasteiger charge is 2.10. The lowest BCUT2D eigenvalue weighted by Crippen LogP contribution is -2.33. The van der Waals surface area contributed by atoms with E-state index in [4.69, 9.17) is 0 Å². The van der Waals surface area contributed by atoms with Gasteiger partial charge in [0.15, 0.2) is 0 Å². The minimum atomic E-state index is -0.298. The zero-order valence-corrected chi connectivity index (χ0v) is 14.7. The molecule has 6 nitrogen and oxygen atoms in total. The summed E-state index contributed by atoms with van der Waals surface area (Å²) < 4.78 is 1.71. The normalized spacial score (nSPS) is 10.4. The van der Waals surface area contributed by atoms with Crippen LogP contribution in [0, 0.1) is 13.8 Å². The van der Waals surface area contributed by atoms with Gasteiger partial charge in [-0.3, -0.25) is 9.59 Å². The molecule has 0 aliphatic rings. The smallest absolute Gasteiger partial charge is 0.251 e. The molecule has 0 unspecified atom stereocenters. The van der Waals surface area contributed by atoms with Gasteiger partial charge in [-0.25, -0.2) is 4.68 Å². The molecular weight excluding hydrogens is 328 g/mol. The van der Waals surface area contributed by atoms with Gasteiger partial charge in [0, 0.05) is 23.6 Å². The molecule has 0 spiro atoms. The summed E-state index contributed by atoms with van der Waals surface area (Å²) >= 11 is 0. The van der Waals surface area contributed by atoms with E-state index in [9.17, 15) is 9.59 Å². The van der Waals surface area contributed by atoms with Gasteiger partial charge < -0.3 is 10.6 Å². The van der Waals surface area contributed by atoms with Crippen molar-refractivity contribution in [3.05, 3.63) is 77.6 Å². The van der Waals surface area contributed by atoms with Crippen molar-refractivity contribution >= 4 is 17.5 Å². The summed E-state index contributed by atoms with van der Waals surface area (Å²) in [5.74, 6) is -0.558. The van der Waals surface area contributed by atoms with Crippen molar-refractivity contribution in [2.24, 2.45) is 0 Å². The first-order valence-corrected chi connectivity index (χ1v) is 8.29. The molecule has 6 heteroatoms. The van der Waals surface area contributed by atoms with Crippen molar-refractivity contribution in [3.8, 4) is 5.69 Å². The fourth-order valence-corrected chi connectivity index (χ4v) is 2.64. The summed E-state index contributed by atoms with van der Waals surface area (Å²) in [5.41, 5.74) is 4.10. The number of rotatable bonds is 5. The van der Waals surface area contributed by atoms with Gasteiger partial charge in [0.1, 0.15) is 0 Å². The monoisotopic (exact) mass is 348 g/mol. The Morgan fingerprint density at radius 2 is 1.69 bits per heavy atom. The predicted octanol–water partition coefficient (Wildman–Crippen LogP) is 2.86. The van der Waals surface area contributed by atoms with Crippen LogP contribution in [0.2, 0.25) is 0 Å². The molecule has 0 saturated heterocycles. The van der Waals surface area contributed by atoms with Crippen molar-refractivity contribution in [1.82, 2.24) is 15.1 Å². The lowest BCUT2D eigenvalue weighted by atomic mass is 10.1. The molecule has 1 aromatic heterocycles. The number of aryl methyl sites for hydroxylation is 2. The zero-order chi connectivity index (χ0) is 18.5. The highest BCUT2D eigenvalue weighted by molar-refractivity contribution is 5.99. The number of nitrogens with zero attached hydrogens (tertiary/aromatic N) is 2. The van der Waals surface area contributed by atoms with Gasteiger partial charge in [-0.05, 0) is 55.3 Å². The van der Waals surface area contributed by atoms with E-state index in [2.05, 4.69) is 15.7 Å². The van der Waals surface area contributed by atoms with E-state index in [1.807, 2.05) is 44.3 Å². The number of carbonyl (C=O) groups excluding carboxylic acids is 2. The van der Waals surface area contributed by atoms with E-state index < -0.39 is 0 Å². The van der Waals surface area contributed by atoms with E-state index in [-0.39, 0.29) is 18.4 Å². The Hall–Kier alpha value is -3.41. The van der Waals surface area contributed by atoms with Crippen molar-refractivity contribution in [1.29, 1.82) is 0 Å². The van der Waals surface area contributed by atoms with Gasteiger partial charge >= 0.3 is 0 Å². The average Bonchev–Trinajstić information content (AvgIpc) is 3.18. The van der Waals surface area contributed by atoms with Gasteiger partial charge in [0.05, 0.1) is 12.2 Å². The van der Waals surface area contributed by atoms with Gasteiger partial charge in [0.25, 0.3) is 5.91 Å². The maximum absolute atomic E-state index is 12.2. The summed E-state index contributed by atoms with van der Waals surface area (Å²) in [5, 5.41) is 9.62. The van der Waals surface area contributed by atoms with Crippen LogP contribution in [0.25, 0.3) is 5.69 Å². The Morgan fingerprint density at radius 1 is 1.00 bits per heavy atom. The van der Waals surface area contributed by atoms with Gasteiger partial charge in [-0.2, -0.15) is 5.10 Å². The molecule has 26 heavy (non-hydrogen) atoms. The quantitative estimate of drug-likeness (QED) is 0.744. The van der Waals surface area contributed by atoms with Gasteiger partial charge in [-0.15, -0.1) is 0 Å². The summed E-state index contributed by atoms with van der Waals surface area (Å²) in [7, 11) is 0. The van der Waals surface area contributed by atoms with Crippen molar-refractivity contribution in [3.63, 3.8) is 0 Å². The van der Waals surface area contributed by atoms with E-state index in [0.29, 0.717) is 5.56 Å². The second-order valence-corrected chi connectivity index (χ2v) is 6.00. The predicted molar refractivity (Wildman–Crippen MR) is 100 cm³/mol. The molecule has 0 aliphatic heterocycles. The molecule has 1 heterocycles. The third kappa shape index (κ3) is 3.97. The molecule has 2 aromatic carbocycles. The van der Waals surface area contributed by atoms with Gasteiger partial charge in [-0.1, -0.05) is 18.2 Å². The molecule has 132 valence electrons. The summed E-state index contributed by atoms with van der Waals surface area (Å²) in [4.78, 5) is 24.3. The lowest BCUT2D eigenvalue weighted by Gasteiger charge is -2.12. The van der Waals surface area contributed by atoms with Crippen LogP contribution < -0.4 is 10.6 Å². The highest BCUT2D eigenvalue weighted by Crippen LogP contribution is 2.19. The van der Waals surface area contributed by atoms with Crippen LogP contribution in [0.1, 0.15) is 21.5 Å². The fourth-order valence-electron chi connectivity index (χ4n) is 2.64. The summed E-state index contributed by atoms with van der Waals surface area (Å²) in [6, 6.07) is 14.7. The molecule has 2 N–H and O–H groups in total. The Bertz CT molecular complexity index is 895. The summed E-state index contributed by atoms with van der Waals surface area (Å²) in [6.45, 7) is 3.78. The molecule has 3 aromatic rings. The van der Waals surface area contributed by atoms with Crippen LogP contribution >= 0.6 is 0 Å². The van der Waals surface area contributed by atoms with E-state index in [1.54, 1.807) is 35.1 Å². The number of anilines is 1. The third-order valence-corrected chi connectivity index (χ3v) is 4.05. The number of amides is 2. The Labute approximate surface area is 151 Å². The second-order valence-electron chi connectivity index (χ2n) is 6.00. The standard InChI is InChI=1S/C20H20N4O2/c1-14-5-3-6-15(2)19(14)23-18(25)13-21-20(26)16-7-9-17(10-8-16)24-12-4-11-22-24/h3-12H,13H2,1-2H3,(H,21,26)(H,23,25). The number of hydrogen-bond acceptors (Lipinski definition) is 3. The Morgan fingerprint density at radius 3 is 2.31 bits per heavy atom. The third-order valence-electron chi connectivity index (χ3n) is 4.05. The largest absolute Gasteiger partial charge is 0.343 e. The minimum absolute atomic E-state index is 0.0898. The topological polar surface area (TPSA) is 76.0 Å². The molecule has 3 rings (SSSR count). The number of nitrogens with one attached hydrogen (secondary N) is 2. The van der Waals surface area contributed by atoms with Crippen LogP contribution in [0.15, 0.2) is 60.9 Å². The maximum atomic E-state index is 12.2. The number of aromatic nitrogens is 2. The summed E-state index contributed by atoms with van der Waals surface area (Å²) in [6.07, 6.45) is 3.52. The highest BCUT2D eigenvalue weighted by atomic mass is 16.2. The first kappa shape index (κ1) is 17.4.